The molecule has 0 unspecified atom stereocenters. The van der Waals surface area contributed by atoms with E-state index < -0.39 is 15.4 Å². The van der Waals surface area contributed by atoms with E-state index in [1.54, 1.807) is 0 Å². The van der Waals surface area contributed by atoms with Gasteiger partial charge in [-0.1, -0.05) is 20.8 Å². The number of hydrogen-bond donors (Lipinski definition) is 0. The van der Waals surface area contributed by atoms with Crippen molar-refractivity contribution in [2.24, 2.45) is 5.41 Å². The van der Waals surface area contributed by atoms with Gasteiger partial charge in [0.1, 0.15) is 5.78 Å². The molecule has 0 amide bonds. The lowest BCUT2D eigenvalue weighted by atomic mass is 9.84. The molecule has 4 nitrogen and oxygen atoms in total. The van der Waals surface area contributed by atoms with Crippen molar-refractivity contribution in [1.82, 2.24) is 4.31 Å². The number of carbonyl (C=O) groups is 1. The summed E-state index contributed by atoms with van der Waals surface area (Å²) in [7, 11) is -3.15. The monoisotopic (exact) mass is 233 g/mol. The lowest BCUT2D eigenvalue weighted by Gasteiger charge is -2.35. The minimum atomic E-state index is -3.15. The Morgan fingerprint density at radius 3 is 2.47 bits per heavy atom. The van der Waals surface area contributed by atoms with Crippen molar-refractivity contribution in [3.8, 4) is 0 Å². The average Bonchev–Trinajstić information content (AvgIpc) is 2.09. The quantitative estimate of drug-likeness (QED) is 0.731. The first-order valence-corrected chi connectivity index (χ1v) is 6.91. The van der Waals surface area contributed by atoms with Gasteiger partial charge in [0.2, 0.25) is 10.0 Å². The summed E-state index contributed by atoms with van der Waals surface area (Å²) >= 11 is 0. The maximum atomic E-state index is 11.8. The fourth-order valence-corrected chi connectivity index (χ4v) is 3.46. The molecule has 0 radical (unpaired) electrons. The van der Waals surface area contributed by atoms with Gasteiger partial charge < -0.3 is 0 Å². The molecule has 0 N–H and O–H groups in total. The first-order valence-electron chi connectivity index (χ1n) is 5.31. The number of hydrogen-bond acceptors (Lipinski definition) is 3. The molecular weight excluding hydrogens is 214 g/mol. The summed E-state index contributed by atoms with van der Waals surface area (Å²) in [5.74, 6) is 0.336. The molecule has 1 fully saturated rings. The van der Waals surface area contributed by atoms with Crippen LogP contribution in [0.4, 0.5) is 0 Å². The van der Waals surface area contributed by atoms with E-state index in [4.69, 9.17) is 0 Å². The fourth-order valence-electron chi connectivity index (χ4n) is 1.80. The molecule has 5 heteroatoms. The van der Waals surface area contributed by atoms with Crippen molar-refractivity contribution in [2.75, 3.05) is 18.8 Å². The maximum Gasteiger partial charge on any atom is 0.214 e. The fraction of sp³-hybridized carbons (Fsp3) is 0.900. The van der Waals surface area contributed by atoms with Crippen molar-refractivity contribution in [3.63, 3.8) is 0 Å². The molecule has 1 rings (SSSR count). The van der Waals surface area contributed by atoms with Gasteiger partial charge in [-0.25, -0.2) is 12.7 Å². The maximum absolute atomic E-state index is 11.8. The minimum Gasteiger partial charge on any atom is -0.299 e. The number of carbonyl (C=O) groups excluding carboxylic acids is 1. The highest BCUT2D eigenvalue weighted by molar-refractivity contribution is 7.89. The van der Waals surface area contributed by atoms with E-state index in [-0.39, 0.29) is 11.5 Å². The SMILES string of the molecule is CCCS(=O)(=O)N1CCC(=O)C(C)(C)C1. The van der Waals surface area contributed by atoms with Crippen LogP contribution in [0.3, 0.4) is 0 Å². The van der Waals surface area contributed by atoms with Crippen LogP contribution in [-0.2, 0) is 14.8 Å². The molecule has 0 bridgehead atoms. The molecule has 0 spiro atoms. The van der Waals surface area contributed by atoms with Crippen LogP contribution in [0.1, 0.15) is 33.6 Å². The van der Waals surface area contributed by atoms with Crippen molar-refractivity contribution >= 4 is 15.8 Å². The second-order valence-electron chi connectivity index (χ2n) is 4.71. The predicted octanol–water partition coefficient (Wildman–Crippen LogP) is 1.03. The van der Waals surface area contributed by atoms with Crippen LogP contribution in [0.25, 0.3) is 0 Å². The second-order valence-corrected chi connectivity index (χ2v) is 6.80. The zero-order valence-electron chi connectivity index (χ0n) is 9.62. The zero-order chi connectivity index (χ0) is 11.7. The van der Waals surface area contributed by atoms with Gasteiger partial charge in [-0.2, -0.15) is 0 Å². The molecular formula is C10H19NO3S. The van der Waals surface area contributed by atoms with Gasteiger partial charge in [0.25, 0.3) is 0 Å². The first-order chi connectivity index (χ1) is 6.79. The topological polar surface area (TPSA) is 54.5 Å². The molecule has 0 aromatic rings. The normalized spacial score (nSPS) is 23.0. The van der Waals surface area contributed by atoms with Crippen LogP contribution >= 0.6 is 0 Å². The Kier molecular flexibility index (Phi) is 3.55. The van der Waals surface area contributed by atoms with E-state index in [9.17, 15) is 13.2 Å². The Labute approximate surface area is 91.7 Å². The third-order valence-electron chi connectivity index (χ3n) is 2.77. The van der Waals surface area contributed by atoms with Gasteiger partial charge in [-0.3, -0.25) is 4.79 Å². The molecule has 1 aliphatic heterocycles. The Morgan fingerprint density at radius 1 is 1.40 bits per heavy atom. The Hall–Kier alpha value is -0.420. The summed E-state index contributed by atoms with van der Waals surface area (Å²) in [6, 6.07) is 0. The molecule has 0 atom stereocenters. The Morgan fingerprint density at radius 2 is 2.00 bits per heavy atom. The number of sulfonamides is 1. The van der Waals surface area contributed by atoms with Gasteiger partial charge in [0, 0.05) is 24.9 Å². The molecule has 0 aromatic heterocycles. The standard InChI is InChI=1S/C10H19NO3S/c1-4-7-15(13,14)11-6-5-9(12)10(2,3)8-11/h4-8H2,1-3H3. The summed E-state index contributed by atoms with van der Waals surface area (Å²) in [4.78, 5) is 11.5. The molecule has 1 aliphatic rings. The second kappa shape index (κ2) is 4.22. The van der Waals surface area contributed by atoms with Gasteiger partial charge in [0.15, 0.2) is 0 Å². The molecule has 1 saturated heterocycles. The lowest BCUT2D eigenvalue weighted by Crippen LogP contribution is -2.49. The van der Waals surface area contributed by atoms with E-state index in [2.05, 4.69) is 0 Å². The molecule has 0 aliphatic carbocycles. The minimum absolute atomic E-state index is 0.158. The highest BCUT2D eigenvalue weighted by Gasteiger charge is 2.38. The predicted molar refractivity (Wildman–Crippen MR) is 59.1 cm³/mol. The van der Waals surface area contributed by atoms with Crippen LogP contribution in [0, 0.1) is 5.41 Å². The number of nitrogens with zero attached hydrogens (tertiary/aromatic N) is 1. The molecule has 0 aromatic carbocycles. The number of Topliss-reactive ketones (excluding diaryl/α,β-unsaturated/α-hetero) is 1. The van der Waals surface area contributed by atoms with Crippen LogP contribution in [-0.4, -0.2) is 37.3 Å². The Balaban J connectivity index is 2.80. The van der Waals surface area contributed by atoms with Crippen LogP contribution in [0.5, 0.6) is 0 Å². The summed E-state index contributed by atoms with van der Waals surface area (Å²) in [5.41, 5.74) is -0.529. The summed E-state index contributed by atoms with van der Waals surface area (Å²) < 4.78 is 25.0. The van der Waals surface area contributed by atoms with Crippen molar-refractivity contribution in [1.29, 1.82) is 0 Å². The zero-order valence-corrected chi connectivity index (χ0v) is 10.4. The van der Waals surface area contributed by atoms with Gasteiger partial charge in [-0.15, -0.1) is 0 Å². The van der Waals surface area contributed by atoms with Crippen molar-refractivity contribution in [2.45, 2.75) is 33.6 Å². The van der Waals surface area contributed by atoms with E-state index >= 15 is 0 Å². The summed E-state index contributed by atoms with van der Waals surface area (Å²) in [5, 5.41) is 0. The van der Waals surface area contributed by atoms with E-state index in [1.165, 1.54) is 4.31 Å². The highest BCUT2D eigenvalue weighted by Crippen LogP contribution is 2.27. The van der Waals surface area contributed by atoms with E-state index in [0.29, 0.717) is 25.9 Å². The van der Waals surface area contributed by atoms with Crippen LogP contribution in [0.15, 0.2) is 0 Å². The summed E-state index contributed by atoms with van der Waals surface area (Å²) in [6.45, 7) is 6.14. The van der Waals surface area contributed by atoms with Gasteiger partial charge in [-0.05, 0) is 6.42 Å². The number of ketones is 1. The lowest BCUT2D eigenvalue weighted by molar-refractivity contribution is -0.129. The third kappa shape index (κ3) is 2.78. The molecule has 88 valence electrons. The number of piperidine rings is 1. The first kappa shape index (κ1) is 12.6. The largest absolute Gasteiger partial charge is 0.299 e. The van der Waals surface area contributed by atoms with Gasteiger partial charge in [0.05, 0.1) is 5.75 Å². The van der Waals surface area contributed by atoms with Gasteiger partial charge >= 0.3 is 0 Å². The summed E-state index contributed by atoms with van der Waals surface area (Å²) in [6.07, 6.45) is 0.961. The molecule has 1 heterocycles. The smallest absolute Gasteiger partial charge is 0.214 e. The van der Waals surface area contributed by atoms with E-state index in [0.717, 1.165) is 0 Å². The van der Waals surface area contributed by atoms with Crippen molar-refractivity contribution in [3.05, 3.63) is 0 Å². The van der Waals surface area contributed by atoms with E-state index in [1.807, 2.05) is 20.8 Å². The molecule has 0 saturated carbocycles. The Bertz CT molecular complexity index is 346. The van der Waals surface area contributed by atoms with Crippen LogP contribution < -0.4 is 0 Å². The average molecular weight is 233 g/mol. The molecule has 15 heavy (non-hydrogen) atoms. The highest BCUT2D eigenvalue weighted by atomic mass is 32.2. The number of rotatable bonds is 3. The van der Waals surface area contributed by atoms with Crippen LogP contribution in [0.2, 0.25) is 0 Å². The van der Waals surface area contributed by atoms with Crippen molar-refractivity contribution < 1.29 is 13.2 Å². The third-order valence-corrected chi connectivity index (χ3v) is 4.79.